The van der Waals surface area contributed by atoms with Crippen LogP contribution < -0.4 is 11.1 Å². The minimum absolute atomic E-state index is 0.318. The Labute approximate surface area is 82.3 Å². The number of nitrogens with zero attached hydrogens (tertiary/aromatic N) is 1. The largest absolute Gasteiger partial charge is 0.422 e. The third-order valence-electron chi connectivity index (χ3n) is 2.34. The average molecular weight is 197 g/mol. The van der Waals surface area contributed by atoms with Crippen molar-refractivity contribution in [2.24, 2.45) is 0 Å². The maximum atomic E-state index is 9.59. The zero-order valence-electron chi connectivity index (χ0n) is 8.16. The summed E-state index contributed by atoms with van der Waals surface area (Å²) in [4.78, 5) is 4.21. The van der Waals surface area contributed by atoms with Crippen molar-refractivity contribution in [2.75, 3.05) is 19.3 Å². The van der Waals surface area contributed by atoms with Crippen molar-refractivity contribution in [1.82, 2.24) is 10.3 Å². The van der Waals surface area contributed by atoms with Crippen molar-refractivity contribution in [3.63, 3.8) is 0 Å². The van der Waals surface area contributed by atoms with E-state index in [1.165, 1.54) is 0 Å². The van der Waals surface area contributed by atoms with Crippen LogP contribution in [0.4, 0.5) is 5.88 Å². The Hall–Kier alpha value is -1.07. The molecule has 5 heteroatoms. The molecule has 0 aromatic carbocycles. The van der Waals surface area contributed by atoms with Gasteiger partial charge < -0.3 is 20.6 Å². The van der Waals surface area contributed by atoms with Gasteiger partial charge in [-0.2, -0.15) is 0 Å². The van der Waals surface area contributed by atoms with E-state index in [1.807, 2.05) is 0 Å². The second kappa shape index (κ2) is 3.59. The summed E-state index contributed by atoms with van der Waals surface area (Å²) in [6, 6.07) is 0. The predicted octanol–water partition coefficient (Wildman–Crippen LogP) is 0.387. The third-order valence-corrected chi connectivity index (χ3v) is 2.34. The van der Waals surface area contributed by atoms with E-state index in [2.05, 4.69) is 10.3 Å². The SMILES string of the molecule is CNCC(O)c1nc(C2CC2)c(N)o1. The second-order valence-electron chi connectivity index (χ2n) is 3.65. The Morgan fingerprint density at radius 2 is 2.43 bits per heavy atom. The first-order chi connectivity index (χ1) is 6.72. The Morgan fingerprint density at radius 3 is 3.00 bits per heavy atom. The van der Waals surface area contributed by atoms with Crippen molar-refractivity contribution < 1.29 is 9.52 Å². The molecule has 2 rings (SSSR count). The van der Waals surface area contributed by atoms with Crippen LogP contribution in [0.5, 0.6) is 0 Å². The monoisotopic (exact) mass is 197 g/mol. The summed E-state index contributed by atoms with van der Waals surface area (Å²) in [5.41, 5.74) is 6.47. The van der Waals surface area contributed by atoms with Crippen LogP contribution in [0.2, 0.25) is 0 Å². The summed E-state index contributed by atoms with van der Waals surface area (Å²) in [5, 5.41) is 12.4. The van der Waals surface area contributed by atoms with E-state index >= 15 is 0 Å². The van der Waals surface area contributed by atoms with Crippen LogP contribution in [0.1, 0.15) is 36.4 Å². The highest BCUT2D eigenvalue weighted by molar-refractivity contribution is 5.36. The molecular weight excluding hydrogens is 182 g/mol. The highest BCUT2D eigenvalue weighted by Crippen LogP contribution is 2.42. The van der Waals surface area contributed by atoms with Gasteiger partial charge in [-0.05, 0) is 19.9 Å². The quantitative estimate of drug-likeness (QED) is 0.650. The van der Waals surface area contributed by atoms with Crippen molar-refractivity contribution in [2.45, 2.75) is 24.9 Å². The molecular formula is C9H15N3O2. The molecule has 4 N–H and O–H groups in total. The predicted molar refractivity (Wildman–Crippen MR) is 51.8 cm³/mol. The third kappa shape index (κ3) is 1.73. The van der Waals surface area contributed by atoms with Gasteiger partial charge in [0.15, 0.2) is 0 Å². The number of aliphatic hydroxyl groups excluding tert-OH is 1. The fourth-order valence-corrected chi connectivity index (χ4v) is 1.43. The van der Waals surface area contributed by atoms with Gasteiger partial charge in [0.05, 0.1) is 0 Å². The van der Waals surface area contributed by atoms with E-state index < -0.39 is 6.10 Å². The normalized spacial score (nSPS) is 18.4. The van der Waals surface area contributed by atoms with Gasteiger partial charge in [0.1, 0.15) is 11.8 Å². The molecule has 1 aliphatic carbocycles. The smallest absolute Gasteiger partial charge is 0.227 e. The van der Waals surface area contributed by atoms with E-state index in [-0.39, 0.29) is 0 Å². The van der Waals surface area contributed by atoms with Gasteiger partial charge in [0.25, 0.3) is 0 Å². The Bertz CT molecular complexity index is 320. The van der Waals surface area contributed by atoms with Crippen LogP contribution in [0, 0.1) is 0 Å². The van der Waals surface area contributed by atoms with Gasteiger partial charge in [0.2, 0.25) is 11.8 Å². The average Bonchev–Trinajstić information content (AvgIpc) is 2.91. The number of aliphatic hydroxyl groups is 1. The van der Waals surface area contributed by atoms with E-state index in [4.69, 9.17) is 10.2 Å². The number of rotatable bonds is 4. The van der Waals surface area contributed by atoms with Crippen LogP contribution in [-0.2, 0) is 0 Å². The molecule has 0 aliphatic heterocycles. The molecule has 0 amide bonds. The van der Waals surface area contributed by atoms with Crippen LogP contribution in [-0.4, -0.2) is 23.7 Å². The molecule has 1 aliphatic rings. The summed E-state index contributed by atoms with van der Waals surface area (Å²) >= 11 is 0. The number of hydrogen-bond donors (Lipinski definition) is 3. The number of likely N-dealkylation sites (N-methyl/N-ethyl adjacent to an activating group) is 1. The first-order valence-electron chi connectivity index (χ1n) is 4.81. The maximum Gasteiger partial charge on any atom is 0.227 e. The van der Waals surface area contributed by atoms with Gasteiger partial charge in [-0.3, -0.25) is 0 Å². The Morgan fingerprint density at radius 1 is 1.71 bits per heavy atom. The number of anilines is 1. The lowest BCUT2D eigenvalue weighted by Gasteiger charge is -2.03. The standard InChI is InChI=1S/C9H15N3O2/c1-11-4-6(13)9-12-7(5-2-3-5)8(10)14-9/h5-6,11,13H,2-4,10H2,1H3. The zero-order valence-corrected chi connectivity index (χ0v) is 8.16. The van der Waals surface area contributed by atoms with Crippen molar-refractivity contribution >= 4 is 5.88 Å². The summed E-state index contributed by atoms with van der Waals surface area (Å²) < 4.78 is 5.21. The van der Waals surface area contributed by atoms with Crippen LogP contribution >= 0.6 is 0 Å². The molecule has 5 nitrogen and oxygen atoms in total. The highest BCUT2D eigenvalue weighted by Gasteiger charge is 2.31. The molecule has 1 aromatic heterocycles. The van der Waals surface area contributed by atoms with Crippen molar-refractivity contribution in [3.8, 4) is 0 Å². The van der Waals surface area contributed by atoms with Gasteiger partial charge in [0, 0.05) is 12.5 Å². The van der Waals surface area contributed by atoms with Crippen LogP contribution in [0.25, 0.3) is 0 Å². The minimum Gasteiger partial charge on any atom is -0.422 e. The van der Waals surface area contributed by atoms with E-state index in [0.717, 1.165) is 18.5 Å². The lowest BCUT2D eigenvalue weighted by atomic mass is 10.3. The first-order valence-corrected chi connectivity index (χ1v) is 4.81. The summed E-state index contributed by atoms with van der Waals surface area (Å²) in [7, 11) is 1.76. The van der Waals surface area contributed by atoms with Gasteiger partial charge >= 0.3 is 0 Å². The molecule has 0 saturated heterocycles. The van der Waals surface area contributed by atoms with E-state index in [0.29, 0.717) is 24.2 Å². The Balaban J connectivity index is 2.14. The number of aromatic nitrogens is 1. The molecule has 0 radical (unpaired) electrons. The second-order valence-corrected chi connectivity index (χ2v) is 3.65. The summed E-state index contributed by atoms with van der Waals surface area (Å²) in [6.07, 6.45) is 1.53. The minimum atomic E-state index is -0.713. The Kier molecular flexibility index (Phi) is 2.43. The summed E-state index contributed by atoms with van der Waals surface area (Å²) in [5.74, 6) is 1.13. The molecule has 1 fully saturated rings. The van der Waals surface area contributed by atoms with Crippen LogP contribution in [0.15, 0.2) is 4.42 Å². The highest BCUT2D eigenvalue weighted by atomic mass is 16.4. The van der Waals surface area contributed by atoms with Crippen molar-refractivity contribution in [3.05, 3.63) is 11.6 Å². The number of oxazole rings is 1. The lowest BCUT2D eigenvalue weighted by Crippen LogP contribution is -2.16. The molecule has 1 unspecified atom stereocenters. The number of nitrogens with one attached hydrogen (secondary N) is 1. The first kappa shape index (κ1) is 9.48. The molecule has 1 heterocycles. The van der Waals surface area contributed by atoms with E-state index in [9.17, 15) is 5.11 Å². The molecule has 1 atom stereocenters. The van der Waals surface area contributed by atoms with Crippen molar-refractivity contribution in [1.29, 1.82) is 0 Å². The van der Waals surface area contributed by atoms with Crippen LogP contribution in [0.3, 0.4) is 0 Å². The van der Waals surface area contributed by atoms with Gasteiger partial charge in [-0.25, -0.2) is 4.98 Å². The molecule has 1 saturated carbocycles. The number of hydrogen-bond acceptors (Lipinski definition) is 5. The maximum absolute atomic E-state index is 9.59. The number of nitrogens with two attached hydrogens (primary N) is 1. The topological polar surface area (TPSA) is 84.3 Å². The fourth-order valence-electron chi connectivity index (χ4n) is 1.43. The van der Waals surface area contributed by atoms with E-state index in [1.54, 1.807) is 7.05 Å². The molecule has 1 aromatic rings. The zero-order chi connectivity index (χ0) is 10.1. The van der Waals surface area contributed by atoms with Gasteiger partial charge in [-0.15, -0.1) is 0 Å². The molecule has 0 spiro atoms. The number of nitrogen functional groups attached to an aromatic ring is 1. The molecule has 14 heavy (non-hydrogen) atoms. The van der Waals surface area contributed by atoms with Gasteiger partial charge in [-0.1, -0.05) is 0 Å². The lowest BCUT2D eigenvalue weighted by molar-refractivity contribution is 0.145. The fraction of sp³-hybridized carbons (Fsp3) is 0.667. The molecule has 0 bridgehead atoms. The summed E-state index contributed by atoms with van der Waals surface area (Å²) in [6.45, 7) is 0.421. The molecule has 78 valence electrons.